The van der Waals surface area contributed by atoms with E-state index in [0.29, 0.717) is 0 Å². The quantitative estimate of drug-likeness (QED) is 0.328. The minimum atomic E-state index is -0.411. The summed E-state index contributed by atoms with van der Waals surface area (Å²) in [4.78, 5) is 3.68. The van der Waals surface area contributed by atoms with Crippen molar-refractivity contribution in [1.29, 1.82) is 0 Å². The summed E-state index contributed by atoms with van der Waals surface area (Å²) in [5, 5.41) is 0. The molecule has 0 aliphatic carbocycles. The number of alkyl halides is 1. The Morgan fingerprint density at radius 2 is 1.93 bits per heavy atom. The third kappa shape index (κ3) is 9.67. The molecule has 1 aromatic rings. The third-order valence-corrected chi connectivity index (χ3v) is 6.47. The standard InChI is InChI=1S/C23H34FNOS.C2H2/c1-3-19-26-23(20-27-22(4-2)11-8-15-24)13-17-25(18-14-23)16-12-21-9-6-5-7-10-21;1-2/h4-11H,3,12-20H2,1-2H3;1-2H/b11-8-,22-4+;. The Bertz CT molecular complexity index is 618. The highest BCUT2D eigenvalue weighted by atomic mass is 32.2. The van der Waals surface area contributed by atoms with E-state index in [1.54, 1.807) is 17.8 Å². The smallest absolute Gasteiger partial charge is 0.108 e. The number of benzene rings is 1. The molecule has 0 N–H and O–H groups in total. The molecule has 0 unspecified atom stereocenters. The van der Waals surface area contributed by atoms with Crippen LogP contribution < -0.4 is 0 Å². The zero-order chi connectivity index (χ0) is 21.4. The van der Waals surface area contributed by atoms with Crippen molar-refractivity contribution in [3.63, 3.8) is 0 Å². The lowest BCUT2D eigenvalue weighted by Gasteiger charge is -2.41. The summed E-state index contributed by atoms with van der Waals surface area (Å²) in [5.41, 5.74) is 1.35. The zero-order valence-electron chi connectivity index (χ0n) is 18.0. The van der Waals surface area contributed by atoms with Gasteiger partial charge in [-0.15, -0.1) is 24.6 Å². The van der Waals surface area contributed by atoms with Crippen molar-refractivity contribution in [1.82, 2.24) is 4.90 Å². The molecular formula is C25H36FNOS. The second kappa shape index (κ2) is 15.3. The summed E-state index contributed by atoms with van der Waals surface area (Å²) in [7, 11) is 0. The summed E-state index contributed by atoms with van der Waals surface area (Å²) >= 11 is 1.79. The minimum Gasteiger partial charge on any atom is -0.374 e. The Morgan fingerprint density at radius 3 is 2.52 bits per heavy atom. The molecule has 0 aromatic heterocycles. The Labute approximate surface area is 181 Å². The van der Waals surface area contributed by atoms with Gasteiger partial charge in [-0.3, -0.25) is 0 Å². The van der Waals surface area contributed by atoms with Crippen molar-refractivity contribution in [2.45, 2.75) is 45.1 Å². The summed E-state index contributed by atoms with van der Waals surface area (Å²) in [5.74, 6) is 0.940. The van der Waals surface area contributed by atoms with Gasteiger partial charge in [0.25, 0.3) is 0 Å². The van der Waals surface area contributed by atoms with E-state index in [1.165, 1.54) is 5.56 Å². The molecule has 4 heteroatoms. The van der Waals surface area contributed by atoms with Crippen LogP contribution in [0.15, 0.2) is 53.5 Å². The summed E-state index contributed by atoms with van der Waals surface area (Å²) < 4.78 is 18.8. The molecule has 0 atom stereocenters. The van der Waals surface area contributed by atoms with E-state index in [1.807, 2.05) is 13.0 Å². The molecule has 160 valence electrons. The Kier molecular flexibility index (Phi) is 13.5. The lowest BCUT2D eigenvalue weighted by Crippen LogP contribution is -2.48. The van der Waals surface area contributed by atoms with Crippen molar-refractivity contribution in [2.75, 3.05) is 38.7 Å². The Balaban J connectivity index is 0.00000204. The van der Waals surface area contributed by atoms with Crippen LogP contribution in [0, 0.1) is 12.8 Å². The first-order valence-corrected chi connectivity index (χ1v) is 11.4. The highest BCUT2D eigenvalue weighted by molar-refractivity contribution is 8.03. The molecule has 0 radical (unpaired) electrons. The molecule has 1 aliphatic heterocycles. The van der Waals surface area contributed by atoms with Gasteiger partial charge in [-0.25, -0.2) is 4.39 Å². The second-order valence-electron chi connectivity index (χ2n) is 7.15. The lowest BCUT2D eigenvalue weighted by atomic mass is 9.92. The van der Waals surface area contributed by atoms with E-state index in [0.717, 1.165) is 62.6 Å². The fourth-order valence-electron chi connectivity index (χ4n) is 3.37. The molecule has 1 aromatic carbocycles. The van der Waals surface area contributed by atoms with Gasteiger partial charge >= 0.3 is 0 Å². The van der Waals surface area contributed by atoms with Gasteiger partial charge < -0.3 is 9.64 Å². The van der Waals surface area contributed by atoms with Gasteiger partial charge in [0.15, 0.2) is 0 Å². The monoisotopic (exact) mass is 417 g/mol. The Hall–Kier alpha value is -1.54. The molecule has 1 aliphatic rings. The number of ether oxygens (including phenoxy) is 1. The molecule has 1 fully saturated rings. The van der Waals surface area contributed by atoms with Crippen LogP contribution in [0.3, 0.4) is 0 Å². The highest BCUT2D eigenvalue weighted by Gasteiger charge is 2.35. The molecule has 1 saturated heterocycles. The molecule has 0 bridgehead atoms. The summed E-state index contributed by atoms with van der Waals surface area (Å²) in [6.07, 6.45) is 17.8. The van der Waals surface area contributed by atoms with Gasteiger partial charge in [0.1, 0.15) is 6.67 Å². The predicted molar refractivity (Wildman–Crippen MR) is 126 cm³/mol. The number of hydrogen-bond acceptors (Lipinski definition) is 3. The van der Waals surface area contributed by atoms with E-state index in [4.69, 9.17) is 4.74 Å². The van der Waals surface area contributed by atoms with Crippen molar-refractivity contribution >= 4 is 11.8 Å². The number of hydrogen-bond donors (Lipinski definition) is 0. The number of nitrogens with zero attached hydrogens (tertiary/aromatic N) is 1. The van der Waals surface area contributed by atoms with E-state index < -0.39 is 6.67 Å². The van der Waals surface area contributed by atoms with E-state index in [2.05, 4.69) is 61.1 Å². The lowest BCUT2D eigenvalue weighted by molar-refractivity contribution is -0.0668. The number of thioether (sulfide) groups is 1. The fraction of sp³-hybridized carbons (Fsp3) is 0.520. The highest BCUT2D eigenvalue weighted by Crippen LogP contribution is 2.33. The SMILES string of the molecule is C#C.C/C=C(\C=C/CF)SCC1(OCCC)CCN(CCc2ccccc2)CC1. The van der Waals surface area contributed by atoms with Crippen LogP contribution in [0.5, 0.6) is 0 Å². The molecule has 0 saturated carbocycles. The number of rotatable bonds is 11. The van der Waals surface area contributed by atoms with Gasteiger partial charge in [-0.05, 0) is 38.2 Å². The van der Waals surface area contributed by atoms with E-state index >= 15 is 0 Å². The maximum Gasteiger partial charge on any atom is 0.108 e. The first-order chi connectivity index (χ1) is 14.2. The first kappa shape index (κ1) is 25.5. The van der Waals surface area contributed by atoms with Crippen molar-refractivity contribution in [2.24, 2.45) is 0 Å². The van der Waals surface area contributed by atoms with Crippen LogP contribution in [0.4, 0.5) is 4.39 Å². The van der Waals surface area contributed by atoms with Crippen LogP contribution in [-0.2, 0) is 11.2 Å². The van der Waals surface area contributed by atoms with Crippen LogP contribution in [0.2, 0.25) is 0 Å². The summed E-state index contributed by atoms with van der Waals surface area (Å²) in [6, 6.07) is 10.7. The fourth-order valence-corrected chi connectivity index (χ4v) is 4.53. The Morgan fingerprint density at radius 1 is 1.24 bits per heavy atom. The van der Waals surface area contributed by atoms with Gasteiger partial charge in [-0.1, -0.05) is 55.5 Å². The van der Waals surface area contributed by atoms with Crippen LogP contribution in [0.1, 0.15) is 38.7 Å². The van der Waals surface area contributed by atoms with E-state index in [9.17, 15) is 4.39 Å². The number of halogens is 1. The molecule has 1 heterocycles. The number of terminal acetylenes is 1. The minimum absolute atomic E-state index is 0.0538. The molecule has 0 amide bonds. The van der Waals surface area contributed by atoms with Crippen molar-refractivity contribution in [3.05, 3.63) is 59.0 Å². The average Bonchev–Trinajstić information content (AvgIpc) is 2.79. The van der Waals surface area contributed by atoms with Gasteiger partial charge in [0, 0.05) is 36.9 Å². The normalized spacial score (nSPS) is 17.1. The maximum absolute atomic E-state index is 12.4. The largest absolute Gasteiger partial charge is 0.374 e. The maximum atomic E-state index is 12.4. The average molecular weight is 418 g/mol. The second-order valence-corrected chi connectivity index (χ2v) is 8.19. The van der Waals surface area contributed by atoms with Crippen molar-refractivity contribution < 1.29 is 9.13 Å². The van der Waals surface area contributed by atoms with E-state index in [-0.39, 0.29) is 5.60 Å². The number of likely N-dealkylation sites (tertiary alicyclic amines) is 1. The van der Waals surface area contributed by atoms with Crippen LogP contribution in [0.25, 0.3) is 0 Å². The molecule has 2 rings (SSSR count). The van der Waals surface area contributed by atoms with Gasteiger partial charge in [-0.2, -0.15) is 0 Å². The number of allylic oxidation sites excluding steroid dienone is 3. The third-order valence-electron chi connectivity index (χ3n) is 5.10. The molecular weight excluding hydrogens is 381 g/mol. The molecule has 29 heavy (non-hydrogen) atoms. The first-order valence-electron chi connectivity index (χ1n) is 10.5. The summed E-state index contributed by atoms with van der Waals surface area (Å²) in [6.45, 7) is 7.86. The van der Waals surface area contributed by atoms with Gasteiger partial charge in [0.05, 0.1) is 5.60 Å². The van der Waals surface area contributed by atoms with Crippen LogP contribution in [-0.4, -0.2) is 49.2 Å². The predicted octanol–water partition coefficient (Wildman–Crippen LogP) is 5.90. The van der Waals surface area contributed by atoms with Crippen molar-refractivity contribution in [3.8, 4) is 12.8 Å². The zero-order valence-corrected chi connectivity index (χ0v) is 18.8. The number of piperidine rings is 1. The topological polar surface area (TPSA) is 12.5 Å². The molecule has 0 spiro atoms. The van der Waals surface area contributed by atoms with Crippen LogP contribution >= 0.6 is 11.8 Å². The molecule has 2 nitrogen and oxygen atoms in total. The van der Waals surface area contributed by atoms with Gasteiger partial charge in [0.2, 0.25) is 0 Å².